The van der Waals surface area contributed by atoms with Gasteiger partial charge in [-0.3, -0.25) is 0 Å². The molecule has 3 rings (SSSR count). The first-order valence-electron chi connectivity index (χ1n) is 7.28. The number of hydrogen-bond donors (Lipinski definition) is 1. The minimum absolute atomic E-state index is 0. The molecule has 0 aromatic heterocycles. The molecule has 0 atom stereocenters. The van der Waals surface area contributed by atoms with Crippen LogP contribution in [0.15, 0.2) is 18.2 Å². The number of piperidine rings is 1. The SMILES string of the molecule is [Cl-].[Cl-].c1cc2c(cc1NCCN1CCCCC1)OCCO2. The summed E-state index contributed by atoms with van der Waals surface area (Å²) in [6.07, 6.45) is 4.10. The van der Waals surface area contributed by atoms with E-state index < -0.39 is 0 Å². The van der Waals surface area contributed by atoms with Crippen molar-refractivity contribution in [2.75, 3.05) is 44.7 Å². The van der Waals surface area contributed by atoms with Gasteiger partial charge in [-0.05, 0) is 38.1 Å². The highest BCUT2D eigenvalue weighted by Crippen LogP contribution is 2.32. The number of nitrogens with one attached hydrogen (secondary N) is 1. The van der Waals surface area contributed by atoms with Crippen molar-refractivity contribution in [3.8, 4) is 11.5 Å². The van der Waals surface area contributed by atoms with Crippen molar-refractivity contribution in [3.05, 3.63) is 18.2 Å². The Kier molecular flexibility index (Phi) is 8.01. The highest BCUT2D eigenvalue weighted by atomic mass is 35.5. The summed E-state index contributed by atoms with van der Waals surface area (Å²) in [5.74, 6) is 1.71. The minimum atomic E-state index is 0. The fraction of sp³-hybridized carbons (Fsp3) is 0.600. The number of rotatable bonds is 4. The summed E-state index contributed by atoms with van der Waals surface area (Å²) in [4.78, 5) is 2.54. The second-order valence-electron chi connectivity index (χ2n) is 5.19. The Labute approximate surface area is 139 Å². The molecule has 0 spiro atoms. The van der Waals surface area contributed by atoms with E-state index in [4.69, 9.17) is 9.47 Å². The van der Waals surface area contributed by atoms with Crippen molar-refractivity contribution in [2.45, 2.75) is 19.3 Å². The molecule has 4 nitrogen and oxygen atoms in total. The first kappa shape index (κ1) is 18.2. The summed E-state index contributed by atoms with van der Waals surface area (Å²) in [6, 6.07) is 6.08. The van der Waals surface area contributed by atoms with Gasteiger partial charge in [-0.25, -0.2) is 0 Å². The van der Waals surface area contributed by atoms with Crippen molar-refractivity contribution in [1.82, 2.24) is 4.90 Å². The second-order valence-corrected chi connectivity index (χ2v) is 5.19. The maximum atomic E-state index is 5.58. The van der Waals surface area contributed by atoms with Crippen molar-refractivity contribution in [3.63, 3.8) is 0 Å². The van der Waals surface area contributed by atoms with Gasteiger partial charge in [0.1, 0.15) is 13.2 Å². The molecule has 2 aliphatic heterocycles. The summed E-state index contributed by atoms with van der Waals surface area (Å²) in [6.45, 7) is 5.90. The Morgan fingerprint density at radius 1 is 0.952 bits per heavy atom. The van der Waals surface area contributed by atoms with Gasteiger partial charge >= 0.3 is 0 Å². The Bertz CT molecular complexity index is 426. The van der Waals surface area contributed by atoms with Gasteiger partial charge in [-0.15, -0.1) is 0 Å². The molecule has 0 aliphatic carbocycles. The van der Waals surface area contributed by atoms with Crippen LogP contribution in [-0.4, -0.2) is 44.3 Å². The van der Waals surface area contributed by atoms with Crippen LogP contribution < -0.4 is 39.6 Å². The van der Waals surface area contributed by atoms with E-state index in [0.717, 1.165) is 30.3 Å². The lowest BCUT2D eigenvalue weighted by molar-refractivity contribution is -0.001000. The van der Waals surface area contributed by atoms with E-state index in [-0.39, 0.29) is 24.8 Å². The molecule has 0 radical (unpaired) electrons. The molecule has 2 aliphatic rings. The Balaban J connectivity index is 0.00000110. The third-order valence-corrected chi connectivity index (χ3v) is 3.75. The van der Waals surface area contributed by atoms with Gasteiger partial charge in [0, 0.05) is 24.8 Å². The maximum absolute atomic E-state index is 5.58. The predicted molar refractivity (Wildman–Crippen MR) is 76.2 cm³/mol. The molecule has 1 fully saturated rings. The van der Waals surface area contributed by atoms with Crippen LogP contribution in [0.5, 0.6) is 11.5 Å². The number of likely N-dealkylation sites (tertiary alicyclic amines) is 1. The number of anilines is 1. The van der Waals surface area contributed by atoms with Crippen LogP contribution in [0.4, 0.5) is 5.69 Å². The number of halogens is 2. The van der Waals surface area contributed by atoms with Crippen LogP contribution in [0.3, 0.4) is 0 Å². The van der Waals surface area contributed by atoms with Gasteiger partial charge < -0.3 is 44.5 Å². The number of fused-ring (bicyclic) bond motifs is 1. The van der Waals surface area contributed by atoms with Crippen LogP contribution in [0.25, 0.3) is 0 Å². The first-order valence-corrected chi connectivity index (χ1v) is 7.28. The van der Waals surface area contributed by atoms with Gasteiger partial charge in [0.25, 0.3) is 0 Å². The lowest BCUT2D eigenvalue weighted by Gasteiger charge is -2.26. The summed E-state index contributed by atoms with van der Waals surface area (Å²) in [7, 11) is 0. The topological polar surface area (TPSA) is 33.7 Å². The molecule has 6 heteroatoms. The van der Waals surface area contributed by atoms with Gasteiger partial charge in [0.05, 0.1) is 0 Å². The Morgan fingerprint density at radius 3 is 2.43 bits per heavy atom. The molecular formula is C15H22Cl2N2O2-2. The molecule has 120 valence electrons. The molecule has 0 amide bonds. The summed E-state index contributed by atoms with van der Waals surface area (Å²) in [5.41, 5.74) is 1.11. The molecule has 1 saturated heterocycles. The molecule has 2 heterocycles. The number of nitrogens with zero attached hydrogens (tertiary/aromatic N) is 1. The van der Waals surface area contributed by atoms with Gasteiger partial charge in [0.15, 0.2) is 11.5 Å². The second kappa shape index (κ2) is 9.23. The van der Waals surface area contributed by atoms with E-state index in [1.807, 2.05) is 12.1 Å². The minimum Gasteiger partial charge on any atom is -1.00 e. The average Bonchev–Trinajstić information content (AvgIpc) is 2.48. The number of benzene rings is 1. The molecule has 1 aromatic carbocycles. The standard InChI is InChI=1S/C15H22N2O2.2ClH/c1-2-7-17(8-3-1)9-6-16-13-4-5-14-15(12-13)19-11-10-18-14;;/h4-5,12,16H,1-3,6-11H2;2*1H/p-2. The lowest BCUT2D eigenvalue weighted by Crippen LogP contribution is -3.00. The van der Waals surface area contributed by atoms with Gasteiger partial charge in [0.2, 0.25) is 0 Å². The van der Waals surface area contributed by atoms with E-state index >= 15 is 0 Å². The zero-order valence-electron chi connectivity index (χ0n) is 12.1. The fourth-order valence-corrected chi connectivity index (χ4v) is 2.69. The van der Waals surface area contributed by atoms with Crippen molar-refractivity contribution in [1.29, 1.82) is 0 Å². The van der Waals surface area contributed by atoms with E-state index in [0.29, 0.717) is 13.2 Å². The van der Waals surface area contributed by atoms with Crippen molar-refractivity contribution >= 4 is 5.69 Å². The number of hydrogen-bond acceptors (Lipinski definition) is 4. The smallest absolute Gasteiger partial charge is 0.163 e. The largest absolute Gasteiger partial charge is 1.00 e. The van der Waals surface area contributed by atoms with Gasteiger partial charge in [-0.1, -0.05) is 6.42 Å². The Hall–Kier alpha value is -0.840. The zero-order chi connectivity index (χ0) is 12.9. The fourth-order valence-electron chi connectivity index (χ4n) is 2.69. The highest BCUT2D eigenvalue weighted by Gasteiger charge is 2.12. The van der Waals surface area contributed by atoms with E-state index in [9.17, 15) is 0 Å². The monoisotopic (exact) mass is 332 g/mol. The first-order chi connectivity index (χ1) is 9.42. The van der Waals surface area contributed by atoms with Crippen LogP contribution in [0, 0.1) is 0 Å². The zero-order valence-corrected chi connectivity index (χ0v) is 13.6. The third-order valence-electron chi connectivity index (χ3n) is 3.75. The molecule has 0 saturated carbocycles. The molecule has 1 aromatic rings. The highest BCUT2D eigenvalue weighted by molar-refractivity contribution is 5.55. The van der Waals surface area contributed by atoms with Crippen molar-refractivity contribution in [2.24, 2.45) is 0 Å². The molecule has 21 heavy (non-hydrogen) atoms. The summed E-state index contributed by atoms with van der Waals surface area (Å²) >= 11 is 0. The van der Waals surface area contributed by atoms with Crippen LogP contribution in [0.2, 0.25) is 0 Å². The summed E-state index contributed by atoms with van der Waals surface area (Å²) in [5, 5.41) is 3.46. The normalized spacial score (nSPS) is 17.3. The molecule has 0 bridgehead atoms. The van der Waals surface area contributed by atoms with E-state index in [1.54, 1.807) is 0 Å². The van der Waals surface area contributed by atoms with Crippen molar-refractivity contribution < 1.29 is 34.3 Å². The lowest BCUT2D eigenvalue weighted by atomic mass is 10.1. The Morgan fingerprint density at radius 2 is 1.67 bits per heavy atom. The molecule has 1 N–H and O–H groups in total. The number of ether oxygens (including phenoxy) is 2. The average molecular weight is 333 g/mol. The molecular weight excluding hydrogens is 311 g/mol. The summed E-state index contributed by atoms with van der Waals surface area (Å²) < 4.78 is 11.1. The van der Waals surface area contributed by atoms with E-state index in [2.05, 4.69) is 16.3 Å². The maximum Gasteiger partial charge on any atom is 0.163 e. The van der Waals surface area contributed by atoms with Crippen LogP contribution >= 0.6 is 0 Å². The van der Waals surface area contributed by atoms with E-state index in [1.165, 1.54) is 32.4 Å². The quantitative estimate of drug-likeness (QED) is 0.617. The van der Waals surface area contributed by atoms with Crippen LogP contribution in [0.1, 0.15) is 19.3 Å². The van der Waals surface area contributed by atoms with Gasteiger partial charge in [-0.2, -0.15) is 0 Å². The predicted octanol–water partition coefficient (Wildman–Crippen LogP) is -3.64. The van der Waals surface area contributed by atoms with Crippen LogP contribution in [-0.2, 0) is 0 Å². The molecule has 0 unspecified atom stereocenters. The third kappa shape index (κ3) is 5.13.